The predicted octanol–water partition coefficient (Wildman–Crippen LogP) is 16.2. The van der Waals surface area contributed by atoms with E-state index in [2.05, 4.69) is 106 Å². The van der Waals surface area contributed by atoms with Crippen molar-refractivity contribution in [1.29, 1.82) is 0 Å². The van der Waals surface area contributed by atoms with Crippen molar-refractivity contribution in [1.82, 2.24) is 0 Å². The van der Waals surface area contributed by atoms with E-state index >= 15 is 0 Å². The quantitative estimate of drug-likeness (QED) is 0.0263. The largest absolute Gasteiger partial charge is 0.462 e. The van der Waals surface area contributed by atoms with E-state index in [9.17, 15) is 14.4 Å². The summed E-state index contributed by atoms with van der Waals surface area (Å²) in [6.45, 7) is 6.29. The number of allylic oxidation sites excluding steroid dienone is 16. The molecule has 6 nitrogen and oxygen atoms in total. The van der Waals surface area contributed by atoms with Crippen molar-refractivity contribution >= 4 is 17.9 Å². The molecule has 0 aromatic rings. The molecule has 0 aromatic carbocycles. The van der Waals surface area contributed by atoms with Crippen molar-refractivity contribution < 1.29 is 28.6 Å². The molecule has 0 amide bonds. The number of carbonyl (C=O) groups excluding carboxylic acids is 3. The SMILES string of the molecule is CC/C=C\C/C=C\C/C=C\C/C=C\C/C=C\C/C=C\CCC(=O)OCC(COC(=O)CCCC/C=C\C/C=C\CC)OC(=O)CCCCCCCCCCCCCCCCC. The van der Waals surface area contributed by atoms with Crippen LogP contribution in [-0.2, 0) is 28.6 Å². The normalized spacial score (nSPS) is 12.9. The molecule has 0 rings (SSSR count). The molecule has 0 spiro atoms. The third kappa shape index (κ3) is 47.2. The molecule has 0 saturated carbocycles. The maximum Gasteiger partial charge on any atom is 0.306 e. The molecule has 0 aromatic heterocycles. The molecule has 0 heterocycles. The molecule has 0 aliphatic heterocycles. The van der Waals surface area contributed by atoms with Crippen LogP contribution in [0.4, 0.5) is 0 Å². The Hall–Kier alpha value is -3.67. The highest BCUT2D eigenvalue weighted by Gasteiger charge is 2.19. The van der Waals surface area contributed by atoms with Crippen LogP contribution in [0.15, 0.2) is 97.2 Å². The maximum atomic E-state index is 12.8. The standard InChI is InChI=1S/C55H90O6/c1-4-7-10-13-16-19-21-23-25-26-27-28-30-31-33-36-39-42-45-48-54(57)60-51-52(50-59-53(56)47-44-41-38-35-18-15-12-9-6-3)61-55(58)49-46-43-40-37-34-32-29-24-22-20-17-14-11-8-5-2/h7,9-10,12,16,18-19,23,25,27-28,31,33,35,39,42,52H,4-6,8,11,13-15,17,20-22,24,26,29-30,32,34,36-38,40-41,43-51H2,1-3H3/b10-7-,12-9-,19-16-,25-23-,28-27-,33-31-,35-18-,42-39-. The summed E-state index contributed by atoms with van der Waals surface area (Å²) in [7, 11) is 0. The number of carbonyl (C=O) groups is 3. The molecular weight excluding hydrogens is 757 g/mol. The molecule has 0 bridgehead atoms. The topological polar surface area (TPSA) is 78.9 Å². The first-order valence-electron chi connectivity index (χ1n) is 24.7. The van der Waals surface area contributed by atoms with Crippen LogP contribution >= 0.6 is 0 Å². The summed E-state index contributed by atoms with van der Waals surface area (Å²) in [4.78, 5) is 37.8. The maximum absolute atomic E-state index is 12.8. The number of ether oxygens (including phenoxy) is 3. The fourth-order valence-electron chi connectivity index (χ4n) is 6.45. The minimum atomic E-state index is -0.818. The second-order valence-corrected chi connectivity index (χ2v) is 16.0. The minimum Gasteiger partial charge on any atom is -0.462 e. The van der Waals surface area contributed by atoms with Crippen LogP contribution in [0.1, 0.15) is 213 Å². The van der Waals surface area contributed by atoms with E-state index < -0.39 is 6.10 Å². The zero-order valence-corrected chi connectivity index (χ0v) is 39.4. The first-order chi connectivity index (χ1) is 30.0. The smallest absolute Gasteiger partial charge is 0.306 e. The van der Waals surface area contributed by atoms with Crippen molar-refractivity contribution in [3.8, 4) is 0 Å². The van der Waals surface area contributed by atoms with Crippen molar-refractivity contribution in [2.75, 3.05) is 13.2 Å². The van der Waals surface area contributed by atoms with Gasteiger partial charge in [0.05, 0.1) is 0 Å². The summed E-state index contributed by atoms with van der Waals surface area (Å²) >= 11 is 0. The van der Waals surface area contributed by atoms with E-state index in [0.29, 0.717) is 19.3 Å². The Bertz CT molecular complexity index is 1250. The first-order valence-corrected chi connectivity index (χ1v) is 24.7. The first kappa shape index (κ1) is 57.3. The summed E-state index contributed by atoms with van der Waals surface area (Å²) < 4.78 is 16.6. The number of rotatable bonds is 43. The molecule has 0 N–H and O–H groups in total. The lowest BCUT2D eigenvalue weighted by molar-refractivity contribution is -0.166. The van der Waals surface area contributed by atoms with Gasteiger partial charge in [0, 0.05) is 19.3 Å². The van der Waals surface area contributed by atoms with E-state index in [1.54, 1.807) is 0 Å². The van der Waals surface area contributed by atoms with Crippen molar-refractivity contribution in [2.24, 2.45) is 0 Å². The lowest BCUT2D eigenvalue weighted by Gasteiger charge is -2.18. The van der Waals surface area contributed by atoms with Crippen molar-refractivity contribution in [3.63, 3.8) is 0 Å². The number of esters is 3. The van der Waals surface area contributed by atoms with Gasteiger partial charge >= 0.3 is 17.9 Å². The molecule has 1 unspecified atom stereocenters. The molecule has 346 valence electrons. The van der Waals surface area contributed by atoms with Gasteiger partial charge in [-0.2, -0.15) is 0 Å². The monoisotopic (exact) mass is 847 g/mol. The minimum absolute atomic E-state index is 0.118. The molecule has 1 atom stereocenters. The molecule has 0 fully saturated rings. The Morgan fingerprint density at radius 2 is 0.672 bits per heavy atom. The van der Waals surface area contributed by atoms with Gasteiger partial charge in [0.25, 0.3) is 0 Å². The fourth-order valence-corrected chi connectivity index (χ4v) is 6.45. The second kappa shape index (κ2) is 49.0. The molecule has 0 radical (unpaired) electrons. The Morgan fingerprint density at radius 3 is 1.10 bits per heavy atom. The average molecular weight is 847 g/mol. The highest BCUT2D eigenvalue weighted by Crippen LogP contribution is 2.14. The van der Waals surface area contributed by atoms with Crippen LogP contribution in [0.5, 0.6) is 0 Å². The third-order valence-electron chi connectivity index (χ3n) is 10.1. The summed E-state index contributed by atoms with van der Waals surface area (Å²) in [6.07, 6.45) is 64.2. The Labute approximate surface area is 375 Å². The Kier molecular flexibility index (Phi) is 46.0. The summed E-state index contributed by atoms with van der Waals surface area (Å²) in [6, 6.07) is 0. The molecule has 0 aliphatic rings. The van der Waals surface area contributed by atoms with Gasteiger partial charge in [-0.05, 0) is 83.5 Å². The Morgan fingerprint density at radius 1 is 0.344 bits per heavy atom. The summed E-state index contributed by atoms with van der Waals surface area (Å²) in [5.74, 6) is -1.04. The van der Waals surface area contributed by atoms with Gasteiger partial charge < -0.3 is 14.2 Å². The molecule has 0 aliphatic carbocycles. The Balaban J connectivity index is 4.47. The third-order valence-corrected chi connectivity index (χ3v) is 10.1. The van der Waals surface area contributed by atoms with Gasteiger partial charge in [-0.15, -0.1) is 0 Å². The van der Waals surface area contributed by atoms with Gasteiger partial charge in [-0.3, -0.25) is 14.4 Å². The van der Waals surface area contributed by atoms with E-state index in [-0.39, 0.29) is 37.5 Å². The predicted molar refractivity (Wildman–Crippen MR) is 260 cm³/mol. The van der Waals surface area contributed by atoms with Crippen molar-refractivity contribution in [3.05, 3.63) is 97.2 Å². The van der Waals surface area contributed by atoms with Gasteiger partial charge in [-0.1, -0.05) is 208 Å². The van der Waals surface area contributed by atoms with E-state index in [1.165, 1.54) is 77.0 Å². The van der Waals surface area contributed by atoms with Crippen molar-refractivity contribution in [2.45, 2.75) is 219 Å². The zero-order chi connectivity index (χ0) is 44.4. The average Bonchev–Trinajstić information content (AvgIpc) is 3.26. The number of hydrogen-bond acceptors (Lipinski definition) is 6. The van der Waals surface area contributed by atoms with Crippen LogP contribution in [0, 0.1) is 0 Å². The molecule has 0 saturated heterocycles. The van der Waals surface area contributed by atoms with Crippen LogP contribution < -0.4 is 0 Å². The van der Waals surface area contributed by atoms with E-state index in [4.69, 9.17) is 14.2 Å². The molecular formula is C55H90O6. The van der Waals surface area contributed by atoms with E-state index in [0.717, 1.165) is 89.9 Å². The van der Waals surface area contributed by atoms with Gasteiger partial charge in [0.1, 0.15) is 13.2 Å². The van der Waals surface area contributed by atoms with Crippen LogP contribution in [-0.4, -0.2) is 37.2 Å². The lowest BCUT2D eigenvalue weighted by atomic mass is 10.0. The van der Waals surface area contributed by atoms with Crippen LogP contribution in [0.2, 0.25) is 0 Å². The van der Waals surface area contributed by atoms with Gasteiger partial charge in [-0.25, -0.2) is 0 Å². The van der Waals surface area contributed by atoms with Gasteiger partial charge in [0.2, 0.25) is 0 Å². The second-order valence-electron chi connectivity index (χ2n) is 16.0. The summed E-state index contributed by atoms with van der Waals surface area (Å²) in [5.41, 5.74) is 0. The van der Waals surface area contributed by atoms with Crippen LogP contribution in [0.3, 0.4) is 0 Å². The molecule has 61 heavy (non-hydrogen) atoms. The zero-order valence-electron chi connectivity index (χ0n) is 39.4. The highest BCUT2D eigenvalue weighted by molar-refractivity contribution is 5.71. The van der Waals surface area contributed by atoms with E-state index in [1.807, 2.05) is 12.2 Å². The number of unbranched alkanes of at least 4 members (excludes halogenated alkanes) is 16. The lowest BCUT2D eigenvalue weighted by Crippen LogP contribution is -2.30. The fraction of sp³-hybridized carbons (Fsp3) is 0.655. The summed E-state index contributed by atoms with van der Waals surface area (Å²) in [5, 5.41) is 0. The molecule has 6 heteroatoms. The van der Waals surface area contributed by atoms with Gasteiger partial charge in [0.15, 0.2) is 6.10 Å². The van der Waals surface area contributed by atoms with Crippen LogP contribution in [0.25, 0.3) is 0 Å². The number of hydrogen-bond donors (Lipinski definition) is 0. The highest BCUT2D eigenvalue weighted by atomic mass is 16.6.